The van der Waals surface area contributed by atoms with Crippen molar-refractivity contribution in [3.63, 3.8) is 0 Å². The van der Waals surface area contributed by atoms with Crippen LogP contribution in [0, 0.1) is 6.92 Å². The minimum Gasteiger partial charge on any atom is -0.506 e. The molecule has 17 heavy (non-hydrogen) atoms. The van der Waals surface area contributed by atoms with Crippen LogP contribution in [0.25, 0.3) is 0 Å². The maximum absolute atomic E-state index is 9.76. The van der Waals surface area contributed by atoms with Crippen molar-refractivity contribution < 1.29 is 9.63 Å². The minimum atomic E-state index is 0.0818. The lowest BCUT2D eigenvalue weighted by atomic mass is 10.2. The molecule has 1 aromatic heterocycles. The highest BCUT2D eigenvalue weighted by Gasteiger charge is 2.06. The number of halogens is 2. The monoisotopic (exact) mass is 314 g/mol. The zero-order valence-corrected chi connectivity index (χ0v) is 11.2. The number of aromatic hydroxyl groups is 1. The molecule has 0 atom stereocenters. The van der Waals surface area contributed by atoms with Gasteiger partial charge in [-0.1, -0.05) is 16.8 Å². The van der Waals surface area contributed by atoms with Crippen LogP contribution >= 0.6 is 27.5 Å². The van der Waals surface area contributed by atoms with E-state index in [0.717, 1.165) is 0 Å². The van der Waals surface area contributed by atoms with Crippen molar-refractivity contribution >= 4 is 39.6 Å². The van der Waals surface area contributed by atoms with Crippen LogP contribution in [-0.2, 0) is 0 Å². The van der Waals surface area contributed by atoms with E-state index in [4.69, 9.17) is 16.1 Å². The minimum absolute atomic E-state index is 0.0818. The van der Waals surface area contributed by atoms with Gasteiger partial charge < -0.3 is 9.63 Å². The second-order valence-electron chi connectivity index (χ2n) is 3.38. The van der Waals surface area contributed by atoms with Crippen molar-refractivity contribution in [2.75, 3.05) is 0 Å². The Morgan fingerprint density at radius 1 is 1.47 bits per heavy atom. The van der Waals surface area contributed by atoms with E-state index in [9.17, 15) is 5.11 Å². The topological polar surface area (TPSA) is 58.6 Å². The molecular weight excluding hydrogens is 307 g/mol. The first-order valence-corrected chi connectivity index (χ1v) is 5.89. The summed E-state index contributed by atoms with van der Waals surface area (Å²) >= 11 is 9.07. The van der Waals surface area contributed by atoms with Gasteiger partial charge in [0.2, 0.25) is 0 Å². The van der Waals surface area contributed by atoms with Crippen LogP contribution in [0.5, 0.6) is 5.75 Å². The quantitative estimate of drug-likeness (QED) is 0.856. The SMILES string of the molecule is Cc1cc(N=Cc2cc(Cl)cc(Br)c2O)no1. The summed E-state index contributed by atoms with van der Waals surface area (Å²) in [6, 6.07) is 4.90. The van der Waals surface area contributed by atoms with Gasteiger partial charge >= 0.3 is 0 Å². The maximum atomic E-state index is 9.76. The number of hydrogen-bond acceptors (Lipinski definition) is 4. The van der Waals surface area contributed by atoms with Crippen molar-refractivity contribution in [1.82, 2.24) is 5.16 Å². The lowest BCUT2D eigenvalue weighted by molar-refractivity contribution is 0.399. The van der Waals surface area contributed by atoms with E-state index in [-0.39, 0.29) is 5.75 Å². The molecule has 0 unspecified atom stereocenters. The lowest BCUT2D eigenvalue weighted by Gasteiger charge is -2.01. The van der Waals surface area contributed by atoms with Gasteiger partial charge in [-0.2, -0.15) is 0 Å². The molecule has 0 saturated heterocycles. The molecule has 0 aliphatic heterocycles. The van der Waals surface area contributed by atoms with E-state index < -0.39 is 0 Å². The molecule has 1 aromatic carbocycles. The van der Waals surface area contributed by atoms with E-state index in [0.29, 0.717) is 26.6 Å². The number of hydrogen-bond donors (Lipinski definition) is 1. The highest BCUT2D eigenvalue weighted by Crippen LogP contribution is 2.30. The number of aromatic nitrogens is 1. The Morgan fingerprint density at radius 3 is 2.88 bits per heavy atom. The Balaban J connectivity index is 2.33. The number of phenols is 1. The fourth-order valence-corrected chi connectivity index (χ4v) is 2.07. The van der Waals surface area contributed by atoms with Gasteiger partial charge in [-0.05, 0) is 35.0 Å². The third kappa shape index (κ3) is 2.87. The summed E-state index contributed by atoms with van der Waals surface area (Å²) in [7, 11) is 0. The highest BCUT2D eigenvalue weighted by molar-refractivity contribution is 9.10. The van der Waals surface area contributed by atoms with Gasteiger partial charge in [-0.3, -0.25) is 0 Å². The number of aliphatic imine (C=N–C) groups is 1. The molecule has 0 aliphatic rings. The van der Waals surface area contributed by atoms with Gasteiger partial charge in [0.1, 0.15) is 11.5 Å². The van der Waals surface area contributed by atoms with Crippen molar-refractivity contribution in [3.8, 4) is 5.75 Å². The van der Waals surface area contributed by atoms with Crippen molar-refractivity contribution in [2.24, 2.45) is 4.99 Å². The molecule has 0 amide bonds. The molecule has 0 fully saturated rings. The second-order valence-corrected chi connectivity index (χ2v) is 4.67. The third-order valence-corrected chi connectivity index (χ3v) is 2.83. The van der Waals surface area contributed by atoms with Crippen LogP contribution in [0.3, 0.4) is 0 Å². The summed E-state index contributed by atoms with van der Waals surface area (Å²) in [5, 5.41) is 14.0. The molecule has 1 N–H and O–H groups in total. The summed E-state index contributed by atoms with van der Waals surface area (Å²) in [4.78, 5) is 4.07. The van der Waals surface area contributed by atoms with Gasteiger partial charge in [0.05, 0.1) is 4.47 Å². The fourth-order valence-electron chi connectivity index (χ4n) is 1.23. The Hall–Kier alpha value is -1.33. The Kier molecular flexibility index (Phi) is 3.49. The van der Waals surface area contributed by atoms with Crippen LogP contribution in [0.1, 0.15) is 11.3 Å². The number of phenolic OH excluding ortho intramolecular Hbond substituents is 1. The Labute approximate surface area is 111 Å². The van der Waals surface area contributed by atoms with E-state index in [1.165, 1.54) is 6.21 Å². The van der Waals surface area contributed by atoms with Crippen LogP contribution in [0.15, 0.2) is 32.2 Å². The maximum Gasteiger partial charge on any atom is 0.195 e. The predicted octanol–water partition coefficient (Wildman–Crippen LogP) is 3.86. The van der Waals surface area contributed by atoms with Crippen LogP contribution < -0.4 is 0 Å². The summed E-state index contributed by atoms with van der Waals surface area (Å²) < 4.78 is 5.39. The van der Waals surface area contributed by atoms with Crippen LogP contribution in [0.4, 0.5) is 5.82 Å². The fraction of sp³-hybridized carbons (Fsp3) is 0.0909. The van der Waals surface area contributed by atoms with Crippen LogP contribution in [0.2, 0.25) is 5.02 Å². The average molecular weight is 316 g/mol. The normalized spacial score (nSPS) is 11.2. The molecule has 2 rings (SSSR count). The molecule has 0 aliphatic carbocycles. The molecule has 6 heteroatoms. The van der Waals surface area contributed by atoms with Gasteiger partial charge in [0, 0.05) is 22.9 Å². The molecular formula is C11H8BrClN2O2. The number of benzene rings is 1. The van der Waals surface area contributed by atoms with Gasteiger partial charge in [-0.15, -0.1) is 0 Å². The molecule has 0 saturated carbocycles. The predicted molar refractivity (Wildman–Crippen MR) is 69.3 cm³/mol. The molecule has 88 valence electrons. The van der Waals surface area contributed by atoms with Gasteiger partial charge in [0.25, 0.3) is 0 Å². The third-order valence-electron chi connectivity index (χ3n) is 2.01. The van der Waals surface area contributed by atoms with Gasteiger partial charge in [-0.25, -0.2) is 4.99 Å². The first kappa shape index (κ1) is 12.1. The zero-order chi connectivity index (χ0) is 12.4. The summed E-state index contributed by atoms with van der Waals surface area (Å²) in [5.41, 5.74) is 0.505. The summed E-state index contributed by atoms with van der Waals surface area (Å²) in [6.45, 7) is 1.78. The van der Waals surface area contributed by atoms with Gasteiger partial charge in [0.15, 0.2) is 5.82 Å². The van der Waals surface area contributed by atoms with E-state index in [1.807, 2.05) is 0 Å². The zero-order valence-electron chi connectivity index (χ0n) is 8.82. The summed E-state index contributed by atoms with van der Waals surface area (Å²) in [5.74, 6) is 1.20. The van der Waals surface area contributed by atoms with Crippen LogP contribution in [-0.4, -0.2) is 16.5 Å². The smallest absolute Gasteiger partial charge is 0.195 e. The lowest BCUT2D eigenvalue weighted by Crippen LogP contribution is -1.84. The van der Waals surface area contributed by atoms with Crippen molar-refractivity contribution in [1.29, 1.82) is 0 Å². The van der Waals surface area contributed by atoms with Crippen molar-refractivity contribution in [2.45, 2.75) is 6.92 Å². The summed E-state index contributed by atoms with van der Waals surface area (Å²) in [6.07, 6.45) is 1.48. The highest BCUT2D eigenvalue weighted by atomic mass is 79.9. The average Bonchev–Trinajstić information content (AvgIpc) is 2.67. The number of nitrogens with zero attached hydrogens (tertiary/aromatic N) is 2. The molecule has 0 radical (unpaired) electrons. The van der Waals surface area contributed by atoms with E-state index in [1.54, 1.807) is 25.1 Å². The number of aryl methyl sites for hydroxylation is 1. The molecule has 4 nitrogen and oxygen atoms in total. The van der Waals surface area contributed by atoms with Crippen molar-refractivity contribution in [3.05, 3.63) is 39.0 Å². The molecule has 0 spiro atoms. The molecule has 1 heterocycles. The Morgan fingerprint density at radius 2 is 2.24 bits per heavy atom. The largest absolute Gasteiger partial charge is 0.506 e. The first-order chi connectivity index (χ1) is 8.06. The van der Waals surface area contributed by atoms with E-state index in [2.05, 4.69) is 26.1 Å². The molecule has 2 aromatic rings. The first-order valence-electron chi connectivity index (χ1n) is 4.71. The second kappa shape index (κ2) is 4.89. The Bertz CT molecular complexity index is 581. The molecule has 0 bridgehead atoms. The van der Waals surface area contributed by atoms with E-state index >= 15 is 0 Å². The number of rotatable bonds is 2. The standard InChI is InChI=1S/C11H8BrClN2O2/c1-6-2-10(15-17-6)14-5-7-3-8(13)4-9(12)11(7)16/h2-5,16H,1H3.